The van der Waals surface area contributed by atoms with E-state index in [9.17, 15) is 10.2 Å². The van der Waals surface area contributed by atoms with Crippen molar-refractivity contribution in [2.24, 2.45) is 5.73 Å². The number of aliphatic hydroxyl groups excluding tert-OH is 2. The average Bonchev–Trinajstić information content (AvgIpc) is 2.62. The van der Waals surface area contributed by atoms with Crippen LogP contribution in [0.2, 0.25) is 0 Å². The van der Waals surface area contributed by atoms with Crippen molar-refractivity contribution in [2.45, 2.75) is 70.3 Å². The lowest BCUT2D eigenvalue weighted by molar-refractivity contribution is 0.113. The van der Waals surface area contributed by atoms with Crippen LogP contribution in [0.1, 0.15) is 63.9 Å². The number of rotatable bonds is 14. The van der Waals surface area contributed by atoms with E-state index >= 15 is 0 Å². The van der Waals surface area contributed by atoms with Gasteiger partial charge in [-0.2, -0.15) is 0 Å². The summed E-state index contributed by atoms with van der Waals surface area (Å²) in [6, 6.07) is 8.18. The molecule has 0 aliphatic rings. The van der Waals surface area contributed by atoms with Gasteiger partial charge in [0, 0.05) is 0 Å². The quantitative estimate of drug-likeness (QED) is 0.455. The van der Waals surface area contributed by atoms with Crippen LogP contribution < -0.4 is 10.5 Å². The van der Waals surface area contributed by atoms with Gasteiger partial charge in [-0.25, -0.2) is 0 Å². The fourth-order valence-corrected chi connectivity index (χ4v) is 2.68. The molecule has 0 saturated heterocycles. The minimum absolute atomic E-state index is 0.186. The molecule has 4 heteroatoms. The number of unbranched alkanes of at least 4 members (excludes halogenated alkanes) is 5. The first-order valence-electron chi connectivity index (χ1n) is 9.36. The molecule has 4 N–H and O–H groups in total. The normalized spacial score (nSPS) is 11.7. The first-order valence-corrected chi connectivity index (χ1v) is 9.36. The van der Waals surface area contributed by atoms with Gasteiger partial charge in [-0.3, -0.25) is 0 Å². The molecular formula is C20H35NO3. The van der Waals surface area contributed by atoms with E-state index in [1.165, 1.54) is 37.7 Å². The molecule has 0 amide bonds. The predicted molar refractivity (Wildman–Crippen MR) is 99.3 cm³/mol. The van der Waals surface area contributed by atoms with Gasteiger partial charge in [0.1, 0.15) is 5.75 Å². The standard InChI is InChI=1S/C20H35NO3/c1-2-3-4-5-6-7-15-24-19-12-10-18(11-13-19)9-8-14-20(21,16-22)17-23/h10-13,22-23H,2-9,14-17,21H2,1H3. The summed E-state index contributed by atoms with van der Waals surface area (Å²) in [7, 11) is 0. The van der Waals surface area contributed by atoms with Crippen LogP contribution in [0.15, 0.2) is 24.3 Å². The molecule has 0 aliphatic carbocycles. The number of aryl methyl sites for hydroxylation is 1. The smallest absolute Gasteiger partial charge is 0.119 e. The zero-order valence-corrected chi connectivity index (χ0v) is 15.2. The third-order valence-corrected chi connectivity index (χ3v) is 4.46. The van der Waals surface area contributed by atoms with Crippen molar-refractivity contribution in [1.29, 1.82) is 0 Å². The highest BCUT2D eigenvalue weighted by atomic mass is 16.5. The van der Waals surface area contributed by atoms with E-state index in [1.54, 1.807) is 0 Å². The van der Waals surface area contributed by atoms with Crippen LogP contribution in [0, 0.1) is 0 Å². The molecule has 0 atom stereocenters. The van der Waals surface area contributed by atoms with E-state index in [1.807, 2.05) is 12.1 Å². The second kappa shape index (κ2) is 12.3. The number of hydrogen-bond acceptors (Lipinski definition) is 4. The second-order valence-electron chi connectivity index (χ2n) is 6.79. The van der Waals surface area contributed by atoms with Crippen LogP contribution in [-0.2, 0) is 6.42 Å². The Kier molecular flexibility index (Phi) is 10.7. The fraction of sp³-hybridized carbons (Fsp3) is 0.700. The number of benzene rings is 1. The lowest BCUT2D eigenvalue weighted by atomic mass is 9.94. The summed E-state index contributed by atoms with van der Waals surface area (Å²) in [6.07, 6.45) is 9.96. The summed E-state index contributed by atoms with van der Waals surface area (Å²) in [5, 5.41) is 18.4. The van der Waals surface area contributed by atoms with Crippen LogP contribution >= 0.6 is 0 Å². The van der Waals surface area contributed by atoms with Crippen LogP contribution in [0.4, 0.5) is 0 Å². The van der Waals surface area contributed by atoms with Gasteiger partial charge in [0.2, 0.25) is 0 Å². The molecule has 0 fully saturated rings. The zero-order chi connectivity index (χ0) is 17.7. The molecule has 4 nitrogen and oxygen atoms in total. The SMILES string of the molecule is CCCCCCCCOc1ccc(CCCC(N)(CO)CO)cc1. The first-order chi connectivity index (χ1) is 11.6. The van der Waals surface area contributed by atoms with Crippen LogP contribution in [0.5, 0.6) is 5.75 Å². The van der Waals surface area contributed by atoms with Crippen molar-refractivity contribution >= 4 is 0 Å². The molecule has 0 aliphatic heterocycles. The average molecular weight is 338 g/mol. The van der Waals surface area contributed by atoms with Crippen molar-refractivity contribution in [3.63, 3.8) is 0 Å². The third kappa shape index (κ3) is 8.67. The molecule has 0 unspecified atom stereocenters. The molecule has 0 radical (unpaired) electrons. The van der Waals surface area contributed by atoms with Gasteiger partial charge >= 0.3 is 0 Å². The van der Waals surface area contributed by atoms with Crippen molar-refractivity contribution in [3.8, 4) is 5.75 Å². The largest absolute Gasteiger partial charge is 0.494 e. The van der Waals surface area contributed by atoms with Crippen LogP contribution in [0.25, 0.3) is 0 Å². The van der Waals surface area contributed by atoms with Crippen molar-refractivity contribution in [1.82, 2.24) is 0 Å². The van der Waals surface area contributed by atoms with Gasteiger partial charge in [0.05, 0.1) is 25.4 Å². The van der Waals surface area contributed by atoms with Crippen molar-refractivity contribution < 1.29 is 14.9 Å². The van der Waals surface area contributed by atoms with E-state index in [2.05, 4.69) is 19.1 Å². The Hall–Kier alpha value is -1.10. The molecular weight excluding hydrogens is 302 g/mol. The maximum Gasteiger partial charge on any atom is 0.119 e. The molecule has 0 aromatic heterocycles. The molecule has 0 saturated carbocycles. The Bertz CT molecular complexity index is 415. The van der Waals surface area contributed by atoms with Gasteiger partial charge in [-0.15, -0.1) is 0 Å². The van der Waals surface area contributed by atoms with E-state index in [0.29, 0.717) is 6.42 Å². The molecule has 1 aromatic rings. The Morgan fingerprint density at radius 2 is 1.54 bits per heavy atom. The number of hydrogen-bond donors (Lipinski definition) is 3. The fourth-order valence-electron chi connectivity index (χ4n) is 2.68. The lowest BCUT2D eigenvalue weighted by Crippen LogP contribution is -2.47. The summed E-state index contributed by atoms with van der Waals surface area (Å²) in [6.45, 7) is 2.65. The van der Waals surface area contributed by atoms with Gasteiger partial charge in [-0.05, 0) is 43.4 Å². The first kappa shape index (κ1) is 20.9. The second-order valence-corrected chi connectivity index (χ2v) is 6.79. The Balaban J connectivity index is 2.19. The van der Waals surface area contributed by atoms with E-state index in [-0.39, 0.29) is 13.2 Å². The summed E-state index contributed by atoms with van der Waals surface area (Å²) in [5.74, 6) is 0.922. The topological polar surface area (TPSA) is 75.7 Å². The summed E-state index contributed by atoms with van der Waals surface area (Å²) in [5.41, 5.74) is 6.23. The van der Waals surface area contributed by atoms with Crippen molar-refractivity contribution in [3.05, 3.63) is 29.8 Å². The van der Waals surface area contributed by atoms with E-state index in [0.717, 1.165) is 31.6 Å². The highest BCUT2D eigenvalue weighted by Crippen LogP contribution is 2.17. The minimum Gasteiger partial charge on any atom is -0.494 e. The maximum atomic E-state index is 9.18. The predicted octanol–water partition coefficient (Wildman–Crippen LogP) is 3.43. The summed E-state index contributed by atoms with van der Waals surface area (Å²) < 4.78 is 5.77. The molecule has 0 spiro atoms. The summed E-state index contributed by atoms with van der Waals surface area (Å²) >= 11 is 0. The minimum atomic E-state index is -0.861. The molecule has 1 aromatic carbocycles. The van der Waals surface area contributed by atoms with E-state index in [4.69, 9.17) is 10.5 Å². The van der Waals surface area contributed by atoms with E-state index < -0.39 is 5.54 Å². The Morgan fingerprint density at radius 3 is 2.17 bits per heavy atom. The third-order valence-electron chi connectivity index (χ3n) is 4.46. The summed E-state index contributed by atoms with van der Waals surface area (Å²) in [4.78, 5) is 0. The Labute approximate surface area is 147 Å². The van der Waals surface area contributed by atoms with Gasteiger partial charge in [0.25, 0.3) is 0 Å². The number of nitrogens with two attached hydrogens (primary N) is 1. The zero-order valence-electron chi connectivity index (χ0n) is 15.2. The molecule has 24 heavy (non-hydrogen) atoms. The highest BCUT2D eigenvalue weighted by Gasteiger charge is 2.22. The van der Waals surface area contributed by atoms with Gasteiger partial charge in [-0.1, -0.05) is 51.2 Å². The molecule has 1 rings (SSSR count). The lowest BCUT2D eigenvalue weighted by Gasteiger charge is -2.24. The van der Waals surface area contributed by atoms with Crippen molar-refractivity contribution in [2.75, 3.05) is 19.8 Å². The molecule has 138 valence electrons. The monoisotopic (exact) mass is 337 g/mol. The molecule has 0 bridgehead atoms. The van der Waals surface area contributed by atoms with Gasteiger partial charge < -0.3 is 20.7 Å². The highest BCUT2D eigenvalue weighted by molar-refractivity contribution is 5.27. The maximum absolute atomic E-state index is 9.18. The van der Waals surface area contributed by atoms with Gasteiger partial charge in [0.15, 0.2) is 0 Å². The number of aliphatic hydroxyl groups is 2. The molecule has 0 heterocycles. The Morgan fingerprint density at radius 1 is 0.917 bits per heavy atom. The number of ether oxygens (including phenoxy) is 1. The van der Waals surface area contributed by atoms with Crippen LogP contribution in [0.3, 0.4) is 0 Å². The van der Waals surface area contributed by atoms with Crippen LogP contribution in [-0.4, -0.2) is 35.6 Å².